The van der Waals surface area contributed by atoms with Crippen LogP contribution in [0.4, 0.5) is 0 Å². The van der Waals surface area contributed by atoms with Gasteiger partial charge in [0.15, 0.2) is 11.5 Å². The van der Waals surface area contributed by atoms with Crippen molar-refractivity contribution in [1.82, 2.24) is 14.5 Å². The molecule has 0 unspecified atom stereocenters. The molecule has 0 saturated carbocycles. The molecule has 1 N–H and O–H groups in total. The van der Waals surface area contributed by atoms with Crippen molar-refractivity contribution in [1.29, 1.82) is 0 Å². The average molecular weight is 377 g/mol. The SMILES string of the molecule is Cc1ccccc1-c1cc(O)c2c(c1)CN(Cc1nccn1C(C)C)CCO2. The van der Waals surface area contributed by atoms with Crippen molar-refractivity contribution < 1.29 is 9.84 Å². The summed E-state index contributed by atoms with van der Waals surface area (Å²) >= 11 is 0. The number of aromatic hydroxyl groups is 1. The molecule has 0 aliphatic carbocycles. The molecule has 0 atom stereocenters. The van der Waals surface area contributed by atoms with Gasteiger partial charge in [-0.3, -0.25) is 4.90 Å². The Morgan fingerprint density at radius 2 is 2.04 bits per heavy atom. The number of aromatic nitrogens is 2. The molecule has 1 aromatic heterocycles. The highest BCUT2D eigenvalue weighted by atomic mass is 16.5. The van der Waals surface area contributed by atoms with Gasteiger partial charge in [-0.15, -0.1) is 0 Å². The number of phenolic OH excluding ortho intramolecular Hbond substituents is 1. The van der Waals surface area contributed by atoms with Gasteiger partial charge in [-0.2, -0.15) is 0 Å². The zero-order valence-corrected chi connectivity index (χ0v) is 16.7. The first-order valence-electron chi connectivity index (χ1n) is 9.81. The second-order valence-corrected chi connectivity index (χ2v) is 7.70. The minimum absolute atomic E-state index is 0.210. The minimum atomic E-state index is 0.210. The van der Waals surface area contributed by atoms with E-state index in [-0.39, 0.29) is 5.75 Å². The van der Waals surface area contributed by atoms with Crippen molar-refractivity contribution in [2.24, 2.45) is 0 Å². The van der Waals surface area contributed by atoms with Crippen molar-refractivity contribution in [2.75, 3.05) is 13.2 Å². The lowest BCUT2D eigenvalue weighted by atomic mass is 9.98. The van der Waals surface area contributed by atoms with Crippen LogP contribution in [0.2, 0.25) is 0 Å². The molecule has 1 aliphatic rings. The first kappa shape index (κ1) is 18.6. The normalized spacial score (nSPS) is 14.6. The van der Waals surface area contributed by atoms with Gasteiger partial charge in [0.2, 0.25) is 0 Å². The molecule has 0 bridgehead atoms. The maximum atomic E-state index is 10.6. The topological polar surface area (TPSA) is 50.5 Å². The predicted octanol–water partition coefficient (Wildman–Crippen LogP) is 4.54. The molecule has 0 spiro atoms. The van der Waals surface area contributed by atoms with Crippen LogP contribution in [0.25, 0.3) is 11.1 Å². The van der Waals surface area contributed by atoms with Gasteiger partial charge in [0.1, 0.15) is 12.4 Å². The van der Waals surface area contributed by atoms with Crippen LogP contribution in [0.3, 0.4) is 0 Å². The van der Waals surface area contributed by atoms with Crippen molar-refractivity contribution in [3.63, 3.8) is 0 Å². The van der Waals surface area contributed by atoms with E-state index in [0.29, 0.717) is 24.9 Å². The van der Waals surface area contributed by atoms with Gasteiger partial charge in [0, 0.05) is 37.1 Å². The molecular weight excluding hydrogens is 350 g/mol. The Morgan fingerprint density at radius 1 is 1.21 bits per heavy atom. The lowest BCUT2D eigenvalue weighted by Crippen LogP contribution is -2.27. The first-order valence-corrected chi connectivity index (χ1v) is 9.81. The molecule has 4 rings (SSSR count). The van der Waals surface area contributed by atoms with Crippen LogP contribution < -0.4 is 4.74 Å². The summed E-state index contributed by atoms with van der Waals surface area (Å²) in [5.41, 5.74) is 4.35. The Hall–Kier alpha value is -2.79. The second-order valence-electron chi connectivity index (χ2n) is 7.70. The first-order chi connectivity index (χ1) is 13.5. The maximum absolute atomic E-state index is 10.6. The number of benzene rings is 2. The van der Waals surface area contributed by atoms with E-state index < -0.39 is 0 Å². The number of nitrogens with zero attached hydrogens (tertiary/aromatic N) is 3. The number of hydrogen-bond acceptors (Lipinski definition) is 4. The summed E-state index contributed by atoms with van der Waals surface area (Å²) in [5.74, 6) is 1.87. The maximum Gasteiger partial charge on any atom is 0.165 e. The zero-order valence-electron chi connectivity index (χ0n) is 16.7. The third kappa shape index (κ3) is 3.62. The fourth-order valence-corrected chi connectivity index (χ4v) is 3.88. The standard InChI is InChI=1S/C23H27N3O2/c1-16(2)26-9-8-24-22(26)15-25-10-11-28-23-19(14-25)12-18(13-21(23)27)20-7-5-4-6-17(20)3/h4-9,12-13,16,27H,10-11,14-15H2,1-3H3. The number of fused-ring (bicyclic) bond motifs is 1. The highest BCUT2D eigenvalue weighted by molar-refractivity contribution is 5.71. The summed E-state index contributed by atoms with van der Waals surface area (Å²) < 4.78 is 8.11. The van der Waals surface area contributed by atoms with E-state index in [0.717, 1.165) is 35.6 Å². The fraction of sp³-hybridized carbons (Fsp3) is 0.348. The van der Waals surface area contributed by atoms with E-state index in [1.165, 1.54) is 5.56 Å². The van der Waals surface area contributed by atoms with Gasteiger partial charge >= 0.3 is 0 Å². The summed E-state index contributed by atoms with van der Waals surface area (Å²) in [5, 5.41) is 10.6. The number of imidazole rings is 1. The van der Waals surface area contributed by atoms with Crippen LogP contribution in [-0.2, 0) is 13.1 Å². The predicted molar refractivity (Wildman–Crippen MR) is 111 cm³/mol. The molecule has 3 aromatic rings. The Morgan fingerprint density at radius 3 is 2.82 bits per heavy atom. The highest BCUT2D eigenvalue weighted by Crippen LogP contribution is 2.38. The molecule has 0 radical (unpaired) electrons. The number of ether oxygens (including phenoxy) is 1. The number of hydrogen-bond donors (Lipinski definition) is 1. The molecule has 2 aromatic carbocycles. The monoisotopic (exact) mass is 377 g/mol. The van der Waals surface area contributed by atoms with Crippen LogP contribution in [0.15, 0.2) is 48.8 Å². The molecule has 5 nitrogen and oxygen atoms in total. The molecular formula is C23H27N3O2. The van der Waals surface area contributed by atoms with Gasteiger partial charge < -0.3 is 14.4 Å². The van der Waals surface area contributed by atoms with E-state index in [2.05, 4.69) is 53.4 Å². The van der Waals surface area contributed by atoms with Crippen LogP contribution in [-0.4, -0.2) is 32.7 Å². The van der Waals surface area contributed by atoms with Gasteiger partial charge in [0.05, 0.1) is 6.54 Å². The Kier molecular flexibility index (Phi) is 5.09. The molecule has 1 aliphatic heterocycles. The summed E-state index contributed by atoms with van der Waals surface area (Å²) in [6, 6.07) is 12.6. The molecule has 2 heterocycles. The summed E-state index contributed by atoms with van der Waals surface area (Å²) in [6.45, 7) is 9.23. The smallest absolute Gasteiger partial charge is 0.165 e. The number of phenols is 1. The molecule has 5 heteroatoms. The van der Waals surface area contributed by atoms with Gasteiger partial charge in [0.25, 0.3) is 0 Å². The van der Waals surface area contributed by atoms with Gasteiger partial charge in [-0.25, -0.2) is 4.98 Å². The van der Waals surface area contributed by atoms with Crippen LogP contribution in [0.5, 0.6) is 11.5 Å². The van der Waals surface area contributed by atoms with E-state index in [9.17, 15) is 5.11 Å². The summed E-state index contributed by atoms with van der Waals surface area (Å²) in [4.78, 5) is 6.87. The summed E-state index contributed by atoms with van der Waals surface area (Å²) in [7, 11) is 0. The fourth-order valence-electron chi connectivity index (χ4n) is 3.88. The lowest BCUT2D eigenvalue weighted by molar-refractivity contribution is 0.210. The Balaban J connectivity index is 1.65. The van der Waals surface area contributed by atoms with Crippen LogP contribution in [0.1, 0.15) is 36.8 Å². The third-order valence-electron chi connectivity index (χ3n) is 5.32. The summed E-state index contributed by atoms with van der Waals surface area (Å²) in [6.07, 6.45) is 3.89. The quantitative estimate of drug-likeness (QED) is 0.725. The van der Waals surface area contributed by atoms with E-state index >= 15 is 0 Å². The van der Waals surface area contributed by atoms with E-state index in [1.54, 1.807) is 0 Å². The molecule has 0 saturated heterocycles. The molecule has 0 fully saturated rings. The Bertz CT molecular complexity index is 978. The number of rotatable bonds is 4. The molecule has 146 valence electrons. The third-order valence-corrected chi connectivity index (χ3v) is 5.32. The highest BCUT2D eigenvalue weighted by Gasteiger charge is 2.21. The molecule has 0 amide bonds. The lowest BCUT2D eigenvalue weighted by Gasteiger charge is -2.21. The minimum Gasteiger partial charge on any atom is -0.504 e. The molecule has 28 heavy (non-hydrogen) atoms. The second kappa shape index (κ2) is 7.68. The zero-order chi connectivity index (χ0) is 19.7. The van der Waals surface area contributed by atoms with Crippen molar-refractivity contribution in [3.05, 3.63) is 65.7 Å². The largest absolute Gasteiger partial charge is 0.504 e. The Labute approximate surface area is 166 Å². The van der Waals surface area contributed by atoms with Crippen molar-refractivity contribution >= 4 is 0 Å². The average Bonchev–Trinajstić information content (AvgIpc) is 3.02. The number of aryl methyl sites for hydroxylation is 1. The van der Waals surface area contributed by atoms with Crippen LogP contribution in [0, 0.1) is 6.92 Å². The van der Waals surface area contributed by atoms with Crippen molar-refractivity contribution in [3.8, 4) is 22.6 Å². The van der Waals surface area contributed by atoms with E-state index in [4.69, 9.17) is 4.74 Å². The van der Waals surface area contributed by atoms with E-state index in [1.807, 2.05) is 30.6 Å². The van der Waals surface area contributed by atoms with Crippen molar-refractivity contribution in [2.45, 2.75) is 39.9 Å². The van der Waals surface area contributed by atoms with Gasteiger partial charge in [-0.05, 0) is 49.6 Å². The van der Waals surface area contributed by atoms with Crippen LogP contribution >= 0.6 is 0 Å². The van der Waals surface area contributed by atoms with Gasteiger partial charge in [-0.1, -0.05) is 24.3 Å².